The summed E-state index contributed by atoms with van der Waals surface area (Å²) in [5, 5.41) is 18.8. The maximum absolute atomic E-state index is 13.0. The van der Waals surface area contributed by atoms with Crippen molar-refractivity contribution in [2.45, 2.75) is 12.8 Å². The summed E-state index contributed by atoms with van der Waals surface area (Å²) in [6.07, 6.45) is 3.08. The van der Waals surface area contributed by atoms with E-state index in [2.05, 4.69) is 37.9 Å². The molecule has 1 N–H and O–H groups in total. The number of carbonyl (C=O) groups is 1. The summed E-state index contributed by atoms with van der Waals surface area (Å²) < 4.78 is 1.56. The van der Waals surface area contributed by atoms with Crippen molar-refractivity contribution in [3.63, 3.8) is 0 Å². The zero-order valence-corrected chi connectivity index (χ0v) is 15.7. The molecule has 8 heteroatoms. The molecule has 1 aliphatic rings. The van der Waals surface area contributed by atoms with Gasteiger partial charge < -0.3 is 4.90 Å². The van der Waals surface area contributed by atoms with Crippen molar-refractivity contribution in [1.29, 1.82) is 0 Å². The lowest BCUT2D eigenvalue weighted by Gasteiger charge is -2.20. The Morgan fingerprint density at radius 1 is 0.966 bits per heavy atom. The lowest BCUT2D eigenvalue weighted by atomic mass is 10.0. The number of tetrazole rings is 1. The fourth-order valence-electron chi connectivity index (χ4n) is 3.74. The van der Waals surface area contributed by atoms with Crippen LogP contribution in [0, 0.1) is 0 Å². The van der Waals surface area contributed by atoms with Crippen molar-refractivity contribution in [2.24, 2.45) is 0 Å². The Balaban J connectivity index is 1.33. The molecule has 3 heterocycles. The molecule has 0 saturated heterocycles. The van der Waals surface area contributed by atoms with E-state index in [9.17, 15) is 4.79 Å². The van der Waals surface area contributed by atoms with E-state index in [4.69, 9.17) is 0 Å². The zero-order valence-electron chi connectivity index (χ0n) is 15.7. The second-order valence-corrected chi connectivity index (χ2v) is 6.99. The van der Waals surface area contributed by atoms with Gasteiger partial charge in [0.15, 0.2) is 0 Å². The van der Waals surface area contributed by atoms with E-state index in [1.54, 1.807) is 4.68 Å². The van der Waals surface area contributed by atoms with Gasteiger partial charge in [-0.2, -0.15) is 5.10 Å². The van der Waals surface area contributed by atoms with Gasteiger partial charge in [-0.25, -0.2) is 4.68 Å². The van der Waals surface area contributed by atoms with Crippen molar-refractivity contribution in [3.8, 4) is 16.9 Å². The summed E-state index contributed by atoms with van der Waals surface area (Å²) in [7, 11) is 0. The second kappa shape index (κ2) is 7.31. The number of hydrogen-bond donors (Lipinski definition) is 1. The lowest BCUT2D eigenvalue weighted by Crippen LogP contribution is -2.33. The van der Waals surface area contributed by atoms with Crippen LogP contribution in [-0.4, -0.2) is 54.3 Å². The molecule has 0 fully saturated rings. The molecule has 0 spiro atoms. The number of carbonyl (C=O) groups excluding carboxylic acids is 1. The van der Waals surface area contributed by atoms with Gasteiger partial charge in [0, 0.05) is 41.9 Å². The minimum absolute atomic E-state index is 0.0349. The van der Waals surface area contributed by atoms with E-state index >= 15 is 0 Å². The van der Waals surface area contributed by atoms with Gasteiger partial charge in [0.1, 0.15) is 6.33 Å². The summed E-state index contributed by atoms with van der Waals surface area (Å²) in [5.41, 5.74) is 5.89. The van der Waals surface area contributed by atoms with Gasteiger partial charge in [0.2, 0.25) is 0 Å². The lowest BCUT2D eigenvalue weighted by molar-refractivity contribution is 0.0763. The predicted molar refractivity (Wildman–Crippen MR) is 106 cm³/mol. The number of fused-ring (bicyclic) bond motifs is 1. The van der Waals surface area contributed by atoms with Gasteiger partial charge in [0.05, 0.1) is 11.4 Å². The molecule has 8 nitrogen and oxygen atoms in total. The quantitative estimate of drug-likeness (QED) is 0.584. The third-order valence-corrected chi connectivity index (χ3v) is 5.28. The Morgan fingerprint density at radius 2 is 1.76 bits per heavy atom. The molecule has 144 valence electrons. The first-order valence-corrected chi connectivity index (χ1v) is 9.54. The van der Waals surface area contributed by atoms with Crippen LogP contribution in [0.5, 0.6) is 0 Å². The van der Waals surface area contributed by atoms with Crippen LogP contribution in [-0.2, 0) is 12.8 Å². The molecule has 0 bridgehead atoms. The van der Waals surface area contributed by atoms with E-state index in [0.717, 1.165) is 35.5 Å². The SMILES string of the molecule is O=C(c1ccc(-n2cnnn2)cc1)N1CCc2[nH]nc(-c3ccccc3)c2CC1. The highest BCUT2D eigenvalue weighted by atomic mass is 16.2. The molecule has 0 unspecified atom stereocenters. The minimum atomic E-state index is 0.0349. The van der Waals surface area contributed by atoms with Gasteiger partial charge in [0.25, 0.3) is 5.91 Å². The third-order valence-electron chi connectivity index (χ3n) is 5.28. The highest BCUT2D eigenvalue weighted by Gasteiger charge is 2.23. The van der Waals surface area contributed by atoms with Gasteiger partial charge in [-0.05, 0) is 41.1 Å². The van der Waals surface area contributed by atoms with Crippen molar-refractivity contribution in [1.82, 2.24) is 35.3 Å². The van der Waals surface area contributed by atoms with Crippen LogP contribution in [0.25, 0.3) is 16.9 Å². The van der Waals surface area contributed by atoms with Gasteiger partial charge in [-0.1, -0.05) is 30.3 Å². The van der Waals surface area contributed by atoms with Crippen molar-refractivity contribution in [2.75, 3.05) is 13.1 Å². The summed E-state index contributed by atoms with van der Waals surface area (Å²) in [5.74, 6) is 0.0349. The number of amides is 1. The smallest absolute Gasteiger partial charge is 0.253 e. The van der Waals surface area contributed by atoms with Crippen LogP contribution in [0.2, 0.25) is 0 Å². The largest absolute Gasteiger partial charge is 0.338 e. The number of rotatable bonds is 3. The topological polar surface area (TPSA) is 92.6 Å². The number of aromatic nitrogens is 6. The number of aromatic amines is 1. The van der Waals surface area contributed by atoms with E-state index in [1.165, 1.54) is 11.9 Å². The average molecular weight is 385 g/mol. The number of hydrogen-bond acceptors (Lipinski definition) is 5. The monoisotopic (exact) mass is 385 g/mol. The molecule has 1 amide bonds. The first-order valence-electron chi connectivity index (χ1n) is 9.54. The molecule has 0 saturated carbocycles. The fraction of sp³-hybridized carbons (Fsp3) is 0.190. The molecule has 2 aromatic heterocycles. The van der Waals surface area contributed by atoms with E-state index in [1.807, 2.05) is 47.4 Å². The second-order valence-electron chi connectivity index (χ2n) is 6.99. The summed E-state index contributed by atoms with van der Waals surface area (Å²) >= 11 is 0. The number of benzene rings is 2. The van der Waals surface area contributed by atoms with Crippen LogP contribution in [0.1, 0.15) is 21.6 Å². The molecule has 1 aliphatic heterocycles. The molecular weight excluding hydrogens is 366 g/mol. The van der Waals surface area contributed by atoms with Crippen LogP contribution in [0.3, 0.4) is 0 Å². The Labute approximate surface area is 167 Å². The van der Waals surface area contributed by atoms with Crippen LogP contribution in [0.15, 0.2) is 60.9 Å². The molecule has 0 aliphatic carbocycles. The van der Waals surface area contributed by atoms with Crippen LogP contribution < -0.4 is 0 Å². The molecule has 2 aromatic carbocycles. The van der Waals surface area contributed by atoms with E-state index in [-0.39, 0.29) is 5.91 Å². The summed E-state index contributed by atoms with van der Waals surface area (Å²) in [6, 6.07) is 17.5. The Hall–Kier alpha value is -3.81. The Bertz CT molecular complexity index is 1120. The maximum Gasteiger partial charge on any atom is 0.253 e. The first-order chi connectivity index (χ1) is 14.3. The summed E-state index contributed by atoms with van der Waals surface area (Å²) in [4.78, 5) is 14.9. The Morgan fingerprint density at radius 3 is 2.52 bits per heavy atom. The predicted octanol–water partition coefficient (Wildman–Crippen LogP) is 2.29. The van der Waals surface area contributed by atoms with Gasteiger partial charge >= 0.3 is 0 Å². The number of nitrogens with zero attached hydrogens (tertiary/aromatic N) is 6. The standard InChI is InChI=1S/C21H19N7O/c29-21(16-6-8-17(9-7-16)28-14-22-25-26-28)27-12-10-18-19(11-13-27)23-24-20(18)15-4-2-1-3-5-15/h1-9,14H,10-13H2,(H,23,24). The first kappa shape index (κ1) is 17.3. The molecular formula is C21H19N7O. The van der Waals surface area contributed by atoms with Crippen molar-refractivity contribution >= 4 is 5.91 Å². The van der Waals surface area contributed by atoms with E-state index in [0.29, 0.717) is 18.7 Å². The van der Waals surface area contributed by atoms with Crippen molar-refractivity contribution in [3.05, 3.63) is 77.7 Å². The molecule has 0 radical (unpaired) electrons. The Kier molecular flexibility index (Phi) is 4.36. The van der Waals surface area contributed by atoms with E-state index < -0.39 is 0 Å². The highest BCUT2D eigenvalue weighted by Crippen LogP contribution is 2.27. The van der Waals surface area contributed by atoms with Gasteiger partial charge in [-0.15, -0.1) is 5.10 Å². The summed E-state index contributed by atoms with van der Waals surface area (Å²) in [6.45, 7) is 1.33. The maximum atomic E-state index is 13.0. The number of nitrogens with one attached hydrogen (secondary N) is 1. The van der Waals surface area contributed by atoms with Crippen molar-refractivity contribution < 1.29 is 4.79 Å². The number of H-pyrrole nitrogens is 1. The molecule has 0 atom stereocenters. The minimum Gasteiger partial charge on any atom is -0.338 e. The molecule has 5 rings (SSSR count). The molecule has 29 heavy (non-hydrogen) atoms. The van der Waals surface area contributed by atoms with Crippen LogP contribution >= 0.6 is 0 Å². The highest BCUT2D eigenvalue weighted by molar-refractivity contribution is 5.94. The fourth-order valence-corrected chi connectivity index (χ4v) is 3.74. The van der Waals surface area contributed by atoms with Crippen LogP contribution in [0.4, 0.5) is 0 Å². The third kappa shape index (κ3) is 3.29. The normalized spacial score (nSPS) is 13.7. The average Bonchev–Trinajstić information content (AvgIpc) is 3.41. The molecule has 4 aromatic rings. The zero-order chi connectivity index (χ0) is 19.6. The van der Waals surface area contributed by atoms with Gasteiger partial charge in [-0.3, -0.25) is 9.89 Å².